The van der Waals surface area contributed by atoms with Gasteiger partial charge in [0.05, 0.1) is 32.6 Å². The number of amides is 1. The molecule has 1 saturated carbocycles. The zero-order valence-corrected chi connectivity index (χ0v) is 26.7. The molecule has 0 bridgehead atoms. The number of ketones is 2. The molecule has 1 aliphatic carbocycles. The number of Topliss-reactive ketones (excluding diaryl/α,β-unsaturated/α-hetero) is 2. The first-order valence-electron chi connectivity index (χ1n) is 15.3. The number of hydrogen-bond donors (Lipinski definition) is 1. The average molecular weight is 616 g/mol. The van der Waals surface area contributed by atoms with E-state index in [4.69, 9.17) is 4.98 Å². The second-order valence-corrected chi connectivity index (χ2v) is 15.5. The summed E-state index contributed by atoms with van der Waals surface area (Å²) < 4.78 is 24.6. The predicted octanol–water partition coefficient (Wildman–Crippen LogP) is 4.70. The van der Waals surface area contributed by atoms with E-state index in [0.29, 0.717) is 44.0 Å². The number of nitrogens with zero attached hydrogens (tertiary/aromatic N) is 2. The third-order valence-corrected chi connectivity index (χ3v) is 11.4. The van der Waals surface area contributed by atoms with Gasteiger partial charge in [-0.05, 0) is 56.2 Å². The summed E-state index contributed by atoms with van der Waals surface area (Å²) in [6, 6.07) is 6.10. The molecular formula is C32H45N3O5S2. The minimum Gasteiger partial charge on any atom is -0.353 e. The highest BCUT2D eigenvalue weighted by atomic mass is 32.2. The van der Waals surface area contributed by atoms with E-state index in [2.05, 4.69) is 31.0 Å². The van der Waals surface area contributed by atoms with Gasteiger partial charge in [-0.3, -0.25) is 14.5 Å². The fraction of sp³-hybridized carbons (Fsp3) is 0.625. The molecule has 1 amide bonds. The van der Waals surface area contributed by atoms with Gasteiger partial charge in [-0.25, -0.2) is 13.4 Å². The van der Waals surface area contributed by atoms with Gasteiger partial charge in [-0.1, -0.05) is 38.8 Å². The predicted molar refractivity (Wildman–Crippen MR) is 168 cm³/mol. The highest BCUT2D eigenvalue weighted by Crippen LogP contribution is 2.30. The van der Waals surface area contributed by atoms with Crippen LogP contribution < -0.4 is 5.32 Å². The molecule has 2 heterocycles. The van der Waals surface area contributed by atoms with Crippen molar-refractivity contribution in [1.82, 2.24) is 15.2 Å². The maximum absolute atomic E-state index is 13.7. The van der Waals surface area contributed by atoms with Gasteiger partial charge in [0.15, 0.2) is 15.6 Å². The molecule has 2 aliphatic rings. The Balaban J connectivity index is 1.40. The Kier molecular flexibility index (Phi) is 11.5. The molecule has 2 atom stereocenters. The van der Waals surface area contributed by atoms with Crippen molar-refractivity contribution in [2.24, 2.45) is 11.8 Å². The quantitative estimate of drug-likeness (QED) is 0.307. The van der Waals surface area contributed by atoms with Crippen molar-refractivity contribution in [3.8, 4) is 0 Å². The molecule has 10 heteroatoms. The highest BCUT2D eigenvalue weighted by Gasteiger charge is 2.30. The van der Waals surface area contributed by atoms with Crippen LogP contribution in [0.3, 0.4) is 0 Å². The number of thiazole rings is 1. The molecule has 1 saturated heterocycles. The summed E-state index contributed by atoms with van der Waals surface area (Å²) in [4.78, 5) is 45.7. The van der Waals surface area contributed by atoms with Gasteiger partial charge < -0.3 is 10.1 Å². The Labute approximate surface area is 254 Å². The maximum atomic E-state index is 13.7. The number of carbonyl (C=O) groups excluding carboxylic acids is 3. The Morgan fingerprint density at radius 2 is 1.86 bits per heavy atom. The summed E-state index contributed by atoms with van der Waals surface area (Å²) in [5, 5.41) is 4.13. The van der Waals surface area contributed by atoms with E-state index < -0.39 is 15.8 Å². The average Bonchev–Trinajstić information content (AvgIpc) is 3.37. The normalized spacial score (nSPS) is 19.3. The number of hydrogen-bond acceptors (Lipinski definition) is 8. The van der Waals surface area contributed by atoms with Gasteiger partial charge >= 0.3 is 0 Å². The van der Waals surface area contributed by atoms with Crippen LogP contribution in [0, 0.1) is 11.8 Å². The van der Waals surface area contributed by atoms with Crippen molar-refractivity contribution in [2.45, 2.75) is 84.1 Å². The zero-order valence-electron chi connectivity index (χ0n) is 25.0. The highest BCUT2D eigenvalue weighted by molar-refractivity contribution is 7.91. The van der Waals surface area contributed by atoms with Crippen LogP contribution in [0.4, 0.5) is 0 Å². The van der Waals surface area contributed by atoms with Crippen LogP contribution in [0.25, 0.3) is 10.2 Å². The van der Waals surface area contributed by atoms with Gasteiger partial charge in [-0.15, -0.1) is 11.3 Å². The standard InChI is InChI=1S/C32H45N3O5S2/c1-4-24-10-11-28-30(19-24)41-31(33-28)20-26(18-23(3)36)32(38)34-27(25-8-6-5-7-9-25)12-13-29(37)22(2)21-35-14-16-42(39,40)17-15-35/h10-11,19,25-27H,2,4-9,12-18,20-21H2,1,3H3,(H,34,38)/t26-,27+/m0/s1. The zero-order chi connectivity index (χ0) is 30.3. The number of carbonyl (C=O) groups is 3. The maximum Gasteiger partial charge on any atom is 0.224 e. The molecule has 0 unspecified atom stereocenters. The molecule has 42 heavy (non-hydrogen) atoms. The van der Waals surface area contributed by atoms with Gasteiger partial charge in [-0.2, -0.15) is 0 Å². The van der Waals surface area contributed by atoms with E-state index >= 15 is 0 Å². The number of benzene rings is 1. The minimum absolute atomic E-state index is 0.0317. The van der Waals surface area contributed by atoms with E-state index in [1.54, 1.807) is 11.3 Å². The molecule has 0 radical (unpaired) electrons. The molecule has 230 valence electrons. The third-order valence-electron chi connectivity index (χ3n) is 8.71. The fourth-order valence-electron chi connectivity index (χ4n) is 6.13. The Morgan fingerprint density at radius 1 is 1.14 bits per heavy atom. The number of sulfone groups is 1. The summed E-state index contributed by atoms with van der Waals surface area (Å²) in [6.45, 7) is 8.85. The van der Waals surface area contributed by atoms with Crippen molar-refractivity contribution in [3.05, 3.63) is 40.9 Å². The summed E-state index contributed by atoms with van der Waals surface area (Å²) >= 11 is 1.58. The molecule has 2 fully saturated rings. The van der Waals surface area contributed by atoms with Crippen LogP contribution in [-0.2, 0) is 37.1 Å². The van der Waals surface area contributed by atoms with Gasteiger partial charge in [0.2, 0.25) is 5.91 Å². The number of rotatable bonds is 14. The van der Waals surface area contributed by atoms with Crippen molar-refractivity contribution in [2.75, 3.05) is 31.1 Å². The number of nitrogens with one attached hydrogen (secondary N) is 1. The Morgan fingerprint density at radius 3 is 2.52 bits per heavy atom. The van der Waals surface area contributed by atoms with Crippen molar-refractivity contribution in [3.63, 3.8) is 0 Å². The third kappa shape index (κ3) is 9.28. The van der Waals surface area contributed by atoms with E-state index in [-0.39, 0.29) is 47.9 Å². The van der Waals surface area contributed by atoms with Gasteiger partial charge in [0.1, 0.15) is 5.78 Å². The molecule has 1 aromatic carbocycles. The lowest BCUT2D eigenvalue weighted by Gasteiger charge is -2.32. The lowest BCUT2D eigenvalue weighted by molar-refractivity contribution is -0.130. The summed E-state index contributed by atoms with van der Waals surface area (Å²) in [6.07, 6.45) is 7.73. The summed E-state index contributed by atoms with van der Waals surface area (Å²) in [5.74, 6) is -0.208. The number of aromatic nitrogens is 1. The first-order chi connectivity index (χ1) is 20.0. The van der Waals surface area contributed by atoms with Crippen LogP contribution in [0.1, 0.15) is 75.8 Å². The van der Waals surface area contributed by atoms with Crippen molar-refractivity contribution < 1.29 is 22.8 Å². The molecule has 4 rings (SSSR count). The Bertz CT molecular complexity index is 1380. The van der Waals surface area contributed by atoms with E-state index in [9.17, 15) is 22.8 Å². The van der Waals surface area contributed by atoms with Crippen LogP contribution in [0.15, 0.2) is 30.4 Å². The summed E-state index contributed by atoms with van der Waals surface area (Å²) in [5.41, 5.74) is 2.64. The minimum atomic E-state index is -2.98. The molecule has 8 nitrogen and oxygen atoms in total. The Hall–Kier alpha value is -2.43. The van der Waals surface area contributed by atoms with Crippen LogP contribution in [0.5, 0.6) is 0 Å². The van der Waals surface area contributed by atoms with Crippen molar-refractivity contribution in [1.29, 1.82) is 0 Å². The van der Waals surface area contributed by atoms with Gasteiger partial charge in [0, 0.05) is 50.5 Å². The molecule has 1 aliphatic heterocycles. The molecule has 0 spiro atoms. The van der Waals surface area contributed by atoms with Crippen LogP contribution in [0.2, 0.25) is 0 Å². The van der Waals surface area contributed by atoms with E-state index in [1.807, 2.05) is 11.0 Å². The second kappa shape index (κ2) is 14.8. The molecule has 2 aromatic rings. The van der Waals surface area contributed by atoms with E-state index in [0.717, 1.165) is 47.3 Å². The second-order valence-electron chi connectivity index (χ2n) is 12.1. The first kappa shape index (κ1) is 32.5. The van der Waals surface area contributed by atoms with E-state index in [1.165, 1.54) is 18.9 Å². The number of fused-ring (bicyclic) bond motifs is 1. The SMILES string of the molecule is C=C(CN1CCS(=O)(=O)CC1)C(=O)CC[C@@H](NC(=O)[C@@H](CC(C)=O)Cc1nc2ccc(CC)cc2s1)C1CCCCC1. The van der Waals surface area contributed by atoms with Crippen molar-refractivity contribution >= 4 is 48.9 Å². The van der Waals surface area contributed by atoms with Crippen LogP contribution >= 0.6 is 11.3 Å². The smallest absolute Gasteiger partial charge is 0.224 e. The topological polar surface area (TPSA) is 114 Å². The van der Waals surface area contributed by atoms with Gasteiger partial charge in [0.25, 0.3) is 0 Å². The molecule has 1 aromatic heterocycles. The largest absolute Gasteiger partial charge is 0.353 e. The fourth-order valence-corrected chi connectivity index (χ4v) is 8.52. The summed E-state index contributed by atoms with van der Waals surface area (Å²) in [7, 11) is -2.98. The number of aryl methyl sites for hydroxylation is 1. The molecular weight excluding hydrogens is 571 g/mol. The lowest BCUT2D eigenvalue weighted by atomic mass is 9.81. The monoisotopic (exact) mass is 615 g/mol. The van der Waals surface area contributed by atoms with Crippen LogP contribution in [-0.4, -0.2) is 73.0 Å². The first-order valence-corrected chi connectivity index (χ1v) is 18.0. The lowest BCUT2D eigenvalue weighted by Crippen LogP contribution is -2.45. The molecule has 1 N–H and O–H groups in total.